The Balaban J connectivity index is 1.01. The first-order valence-electron chi connectivity index (χ1n) is 46.7. The van der Waals surface area contributed by atoms with E-state index >= 15 is 0 Å². The standard InChI is InChI=1S/C110H78BN5/c1-109(2,3)69-55-57-84-85-58-56-70(110(4,5)6)60-99(85)112(98(84)59-69)71-61-104-106-105(62-71)114(95-52-26-22-36-73(95)68-33-11-8-12-34-68)103-66-101-91(81-44-20-16-40-77(81)75-38-14-18-42-79(75)87-48-30-50-89-83-46-24-28-54-97(83)116(101)108(87)89)64-93(103)111(106)92-63-90-80-43-19-15-39-76(80)74-37-13-17-41-78(74)86-47-29-49-88-82-45-23-27-53-96(82)115(107(86)88)100(90)65-102(92)113(104)94-51-25-21-35-72(94)67-31-9-7-10-32-67/h7-66H,1-6H3/i23D,24D,27D,28D,29D,30D,45D,46D,47D,48D,49D,50D,53D,54D. The molecule has 0 fully saturated rings. The number of fused-ring (bicyclic) bond motifs is 27. The van der Waals surface area contributed by atoms with Gasteiger partial charge in [-0.25, -0.2) is 0 Å². The van der Waals surface area contributed by atoms with Crippen molar-refractivity contribution in [1.82, 2.24) is 13.4 Å². The molecule has 17 aromatic carbocycles. The molecule has 5 aromatic heterocycles. The quantitative estimate of drug-likeness (QED) is 0.160. The summed E-state index contributed by atoms with van der Waals surface area (Å²) >= 11 is 0. The van der Waals surface area contributed by atoms with Crippen molar-refractivity contribution in [2.45, 2.75) is 52.4 Å². The lowest BCUT2D eigenvalue weighted by molar-refractivity contribution is 0.591. The number of hydrogen-bond donors (Lipinski definition) is 0. The first-order valence-corrected chi connectivity index (χ1v) is 39.7. The van der Waals surface area contributed by atoms with Gasteiger partial charge in [0.15, 0.2) is 0 Å². The minimum absolute atomic E-state index is 0.0355. The van der Waals surface area contributed by atoms with Crippen molar-refractivity contribution >= 4 is 198 Å². The molecule has 2 aliphatic rings. The van der Waals surface area contributed by atoms with Crippen molar-refractivity contribution in [1.29, 1.82) is 0 Å². The SMILES string of the molecule is [2H]c1c([2H])c([2H])c2c(c1[2H])c1c([2H])c([2H])c([2H])c3c4ccccc4c4ccccc4c4cc5c(cc4n2c31)N(c1ccccc1-c1ccccc1)c1cc(-n2c3cc(C(C)(C)C)ccc3c3ccc(C(C)(C)C)cc32)cc2c1B5c1cc3c4ccccc4c4ccccc4c4c([2H])c([2H])c([2H])c5c6c([2H])c([2H])c([2H])c([2H])c6n(c3cc1N2c1ccccc1-c1ccccc1)c45. The molecule has 7 heterocycles. The molecule has 6 heteroatoms. The maximum Gasteiger partial charge on any atom is 0.252 e. The van der Waals surface area contributed by atoms with Gasteiger partial charge in [-0.3, -0.25) is 0 Å². The van der Waals surface area contributed by atoms with Gasteiger partial charge in [-0.1, -0.05) is 345 Å². The Morgan fingerprint density at radius 2 is 0.586 bits per heavy atom. The van der Waals surface area contributed by atoms with Gasteiger partial charge in [-0.05, 0) is 153 Å². The highest BCUT2D eigenvalue weighted by molar-refractivity contribution is 7.00. The van der Waals surface area contributed by atoms with Crippen LogP contribution in [0.3, 0.4) is 0 Å². The van der Waals surface area contributed by atoms with Crippen LogP contribution in [0, 0.1) is 0 Å². The summed E-state index contributed by atoms with van der Waals surface area (Å²) in [7, 11) is 0. The Kier molecular flexibility index (Phi) is 11.4. The van der Waals surface area contributed by atoms with E-state index in [4.69, 9.17) is 0 Å². The molecule has 0 unspecified atom stereocenters. The molecule has 116 heavy (non-hydrogen) atoms. The molecule has 0 N–H and O–H groups in total. The second-order valence-electron chi connectivity index (χ2n) is 33.2. The molecule has 0 atom stereocenters. The van der Waals surface area contributed by atoms with Crippen molar-refractivity contribution in [3.8, 4) is 27.9 Å². The van der Waals surface area contributed by atoms with Crippen molar-refractivity contribution < 1.29 is 19.2 Å². The van der Waals surface area contributed by atoms with E-state index in [1.165, 1.54) is 0 Å². The smallest absolute Gasteiger partial charge is 0.252 e. The number of benzene rings is 17. The largest absolute Gasteiger partial charge is 0.311 e. The Morgan fingerprint density at radius 1 is 0.250 bits per heavy atom. The number of nitrogens with zero attached hydrogens (tertiary/aromatic N) is 5. The molecule has 0 radical (unpaired) electrons. The molecule has 0 bridgehead atoms. The predicted molar refractivity (Wildman–Crippen MR) is 498 cm³/mol. The zero-order chi connectivity index (χ0) is 89.3. The first-order chi connectivity index (χ1) is 62.7. The molecular weight excluding hydrogens is 1400 g/mol. The van der Waals surface area contributed by atoms with Gasteiger partial charge in [0.05, 0.1) is 80.4 Å². The van der Waals surface area contributed by atoms with Crippen LogP contribution in [-0.2, 0) is 10.8 Å². The lowest BCUT2D eigenvalue weighted by atomic mass is 9.33. The average Bonchev–Trinajstić information content (AvgIpc) is 1.07. The fourth-order valence-corrected chi connectivity index (χ4v) is 19.6. The van der Waals surface area contributed by atoms with Crippen LogP contribution in [0.15, 0.2) is 364 Å². The van der Waals surface area contributed by atoms with E-state index in [0.717, 1.165) is 122 Å². The zero-order valence-electron chi connectivity index (χ0n) is 78.4. The minimum Gasteiger partial charge on any atom is -0.311 e. The summed E-state index contributed by atoms with van der Waals surface area (Å²) in [4.78, 5) is 4.77. The highest BCUT2D eigenvalue weighted by Gasteiger charge is 2.46. The molecule has 5 nitrogen and oxygen atoms in total. The van der Waals surface area contributed by atoms with Gasteiger partial charge >= 0.3 is 0 Å². The van der Waals surface area contributed by atoms with Crippen molar-refractivity contribution in [2.75, 3.05) is 9.80 Å². The minimum atomic E-state index is -0.842. The zero-order valence-corrected chi connectivity index (χ0v) is 64.4. The van der Waals surface area contributed by atoms with E-state index < -0.39 is 55.1 Å². The number of rotatable bonds is 5. The number of hydrogen-bond acceptors (Lipinski definition) is 2. The molecule has 2 aliphatic heterocycles. The Bertz CT molecular complexity index is 8530. The molecule has 0 spiro atoms. The second-order valence-corrected chi connectivity index (χ2v) is 33.2. The van der Waals surface area contributed by atoms with Gasteiger partial charge < -0.3 is 23.2 Å². The third-order valence-corrected chi connectivity index (χ3v) is 24.8. The fourth-order valence-electron chi connectivity index (χ4n) is 19.6. The van der Waals surface area contributed by atoms with Crippen LogP contribution < -0.4 is 26.2 Å². The van der Waals surface area contributed by atoms with Crippen molar-refractivity contribution in [2.24, 2.45) is 0 Å². The van der Waals surface area contributed by atoms with Crippen LogP contribution in [-0.4, -0.2) is 20.1 Å². The molecule has 0 aliphatic carbocycles. The van der Waals surface area contributed by atoms with Gasteiger partial charge in [-0.15, -0.1) is 0 Å². The molecule has 546 valence electrons. The van der Waals surface area contributed by atoms with Crippen LogP contribution in [0.4, 0.5) is 34.1 Å². The summed E-state index contributed by atoms with van der Waals surface area (Å²) in [6.07, 6.45) is 0. The Morgan fingerprint density at radius 3 is 0.983 bits per heavy atom. The monoisotopic (exact) mass is 1490 g/mol. The van der Waals surface area contributed by atoms with Gasteiger partial charge in [0.1, 0.15) is 0 Å². The van der Waals surface area contributed by atoms with Crippen LogP contribution in [0.2, 0.25) is 0 Å². The highest BCUT2D eigenvalue weighted by atomic mass is 15.2. The molecule has 24 rings (SSSR count). The van der Waals surface area contributed by atoms with Crippen LogP contribution >= 0.6 is 0 Å². The highest BCUT2D eigenvalue weighted by Crippen LogP contribution is 2.53. The fraction of sp³-hybridized carbons (Fsp3) is 0.0727. The van der Waals surface area contributed by atoms with Gasteiger partial charge in [0, 0.05) is 87.7 Å². The molecular formula is C110H78BN5. The van der Waals surface area contributed by atoms with E-state index in [1.54, 1.807) is 0 Å². The Hall–Kier alpha value is -14.2. The molecule has 0 saturated carbocycles. The maximum absolute atomic E-state index is 10.4. The summed E-state index contributed by atoms with van der Waals surface area (Å²) in [6.45, 7) is 12.6. The predicted octanol–water partition coefficient (Wildman–Crippen LogP) is 28.0. The molecule has 0 amide bonds. The van der Waals surface area contributed by atoms with Crippen molar-refractivity contribution in [3.63, 3.8) is 0 Å². The molecule has 0 saturated heterocycles. The van der Waals surface area contributed by atoms with E-state index in [1.807, 2.05) is 118 Å². The lowest BCUT2D eigenvalue weighted by Crippen LogP contribution is -2.61. The van der Waals surface area contributed by atoms with E-state index in [0.29, 0.717) is 54.7 Å². The summed E-state index contributed by atoms with van der Waals surface area (Å²) in [5.74, 6) is 0. The van der Waals surface area contributed by atoms with E-state index in [9.17, 15) is 19.2 Å². The summed E-state index contributed by atoms with van der Waals surface area (Å²) in [6, 6.07) is 91.1. The van der Waals surface area contributed by atoms with E-state index in [2.05, 4.69) is 226 Å². The average molecular weight is 1490 g/mol. The Labute approximate surface area is 692 Å². The van der Waals surface area contributed by atoms with E-state index in [-0.39, 0.29) is 101 Å². The summed E-state index contributed by atoms with van der Waals surface area (Å²) < 4.78 is 147. The normalized spacial score (nSPS) is 14.7. The lowest BCUT2D eigenvalue weighted by Gasteiger charge is -2.45. The molecule has 22 aromatic rings. The number of para-hydroxylation sites is 6. The third kappa shape index (κ3) is 9.53. The topological polar surface area (TPSA) is 20.2 Å². The van der Waals surface area contributed by atoms with Gasteiger partial charge in [0.25, 0.3) is 6.71 Å². The third-order valence-electron chi connectivity index (χ3n) is 24.8. The van der Waals surface area contributed by atoms with Gasteiger partial charge in [0.2, 0.25) is 0 Å². The van der Waals surface area contributed by atoms with Crippen LogP contribution in [0.25, 0.3) is 169 Å². The number of anilines is 6. The van der Waals surface area contributed by atoms with Gasteiger partial charge in [-0.2, -0.15) is 0 Å². The van der Waals surface area contributed by atoms with Crippen LogP contribution in [0.5, 0.6) is 0 Å². The number of aromatic nitrogens is 3. The van der Waals surface area contributed by atoms with Crippen LogP contribution in [0.1, 0.15) is 71.9 Å². The maximum atomic E-state index is 10.4. The second kappa shape index (κ2) is 24.7. The first kappa shape index (κ1) is 53.7. The summed E-state index contributed by atoms with van der Waals surface area (Å²) in [5.41, 5.74) is 16.3. The van der Waals surface area contributed by atoms with Crippen molar-refractivity contribution in [3.05, 3.63) is 375 Å². The summed E-state index contributed by atoms with van der Waals surface area (Å²) in [5, 5.41) is 9.68.